The quantitative estimate of drug-likeness (QED) is 0.873. The molecule has 2 aliphatic rings. The van der Waals surface area contributed by atoms with Gasteiger partial charge in [0.2, 0.25) is 0 Å². The summed E-state index contributed by atoms with van der Waals surface area (Å²) in [6, 6.07) is 11.4. The normalized spacial score (nSPS) is 28.5. The molecule has 0 heterocycles. The molecule has 0 bridgehead atoms. The zero-order valence-electron chi connectivity index (χ0n) is 11.9. The van der Waals surface area contributed by atoms with E-state index in [2.05, 4.69) is 42.6 Å². The molecule has 2 nitrogen and oxygen atoms in total. The van der Waals surface area contributed by atoms with Crippen molar-refractivity contribution in [1.82, 2.24) is 5.32 Å². The molecule has 2 atom stereocenters. The summed E-state index contributed by atoms with van der Waals surface area (Å²) in [4.78, 5) is 0. The van der Waals surface area contributed by atoms with E-state index in [9.17, 15) is 0 Å². The van der Waals surface area contributed by atoms with E-state index >= 15 is 0 Å². The molecule has 0 radical (unpaired) electrons. The van der Waals surface area contributed by atoms with Gasteiger partial charge in [0.1, 0.15) is 0 Å². The SMILES string of the molecule is CCOC1CC(NCc2ccccc2)C12CCCC2. The standard InChI is InChI=1S/C17H25NO/c1-2-19-16-12-15(17(16)10-6-7-11-17)18-13-14-8-4-3-5-9-14/h3-5,8-9,15-16,18H,2,6-7,10-13H2,1H3. The summed E-state index contributed by atoms with van der Waals surface area (Å²) < 4.78 is 5.96. The van der Waals surface area contributed by atoms with Gasteiger partial charge in [0.15, 0.2) is 0 Å². The van der Waals surface area contributed by atoms with Crippen LogP contribution in [-0.2, 0) is 11.3 Å². The highest BCUT2D eigenvalue weighted by molar-refractivity contribution is 5.16. The second-order valence-corrected chi connectivity index (χ2v) is 6.04. The van der Waals surface area contributed by atoms with Crippen molar-refractivity contribution >= 4 is 0 Å². The molecule has 2 aliphatic carbocycles. The molecule has 104 valence electrons. The van der Waals surface area contributed by atoms with Crippen LogP contribution >= 0.6 is 0 Å². The fourth-order valence-corrected chi connectivity index (χ4v) is 4.01. The Kier molecular flexibility index (Phi) is 3.90. The molecule has 2 saturated carbocycles. The molecule has 19 heavy (non-hydrogen) atoms. The van der Waals surface area contributed by atoms with Crippen LogP contribution in [0.2, 0.25) is 0 Å². The minimum absolute atomic E-state index is 0.449. The lowest BCUT2D eigenvalue weighted by Crippen LogP contribution is -2.62. The van der Waals surface area contributed by atoms with Gasteiger partial charge in [-0.2, -0.15) is 0 Å². The molecule has 1 spiro atoms. The second-order valence-electron chi connectivity index (χ2n) is 6.04. The van der Waals surface area contributed by atoms with Crippen LogP contribution in [0.4, 0.5) is 0 Å². The third-order valence-electron chi connectivity index (χ3n) is 5.08. The van der Waals surface area contributed by atoms with E-state index in [1.54, 1.807) is 0 Å². The highest BCUT2D eigenvalue weighted by Gasteiger charge is 2.56. The molecule has 2 fully saturated rings. The highest BCUT2D eigenvalue weighted by Crippen LogP contribution is 2.54. The van der Waals surface area contributed by atoms with E-state index in [0.29, 0.717) is 17.6 Å². The number of hydrogen-bond donors (Lipinski definition) is 1. The van der Waals surface area contributed by atoms with Gasteiger partial charge in [0.25, 0.3) is 0 Å². The fourth-order valence-electron chi connectivity index (χ4n) is 4.01. The van der Waals surface area contributed by atoms with Gasteiger partial charge in [0, 0.05) is 24.6 Å². The topological polar surface area (TPSA) is 21.3 Å². The van der Waals surface area contributed by atoms with Gasteiger partial charge in [-0.15, -0.1) is 0 Å². The molecule has 1 N–H and O–H groups in total. The average Bonchev–Trinajstić information content (AvgIpc) is 2.95. The Labute approximate surface area is 116 Å². The van der Waals surface area contributed by atoms with Gasteiger partial charge in [-0.1, -0.05) is 43.2 Å². The van der Waals surface area contributed by atoms with Gasteiger partial charge in [-0.05, 0) is 31.7 Å². The Morgan fingerprint density at radius 1 is 1.21 bits per heavy atom. The molecule has 3 rings (SSSR count). The van der Waals surface area contributed by atoms with Crippen LogP contribution in [0.3, 0.4) is 0 Å². The Bertz CT molecular complexity index is 397. The van der Waals surface area contributed by atoms with Gasteiger partial charge < -0.3 is 10.1 Å². The first kappa shape index (κ1) is 13.1. The third kappa shape index (κ3) is 2.44. The minimum atomic E-state index is 0.449. The highest BCUT2D eigenvalue weighted by atomic mass is 16.5. The lowest BCUT2D eigenvalue weighted by Gasteiger charge is -2.54. The van der Waals surface area contributed by atoms with Gasteiger partial charge in [-0.3, -0.25) is 0 Å². The summed E-state index contributed by atoms with van der Waals surface area (Å²) in [6.45, 7) is 3.97. The van der Waals surface area contributed by atoms with Crippen molar-refractivity contribution in [3.05, 3.63) is 35.9 Å². The zero-order valence-corrected chi connectivity index (χ0v) is 11.9. The molecule has 0 saturated heterocycles. The van der Waals surface area contributed by atoms with Crippen LogP contribution in [0.5, 0.6) is 0 Å². The molecule has 1 aromatic carbocycles. The first-order valence-electron chi connectivity index (χ1n) is 7.74. The van der Waals surface area contributed by atoms with Crippen molar-refractivity contribution < 1.29 is 4.74 Å². The van der Waals surface area contributed by atoms with Crippen LogP contribution < -0.4 is 5.32 Å². The average molecular weight is 259 g/mol. The molecule has 0 aliphatic heterocycles. The van der Waals surface area contributed by atoms with E-state index in [1.807, 2.05) is 0 Å². The fraction of sp³-hybridized carbons (Fsp3) is 0.647. The van der Waals surface area contributed by atoms with Crippen molar-refractivity contribution in [3.8, 4) is 0 Å². The van der Waals surface area contributed by atoms with Crippen LogP contribution in [0.15, 0.2) is 30.3 Å². The van der Waals surface area contributed by atoms with Crippen molar-refractivity contribution in [3.63, 3.8) is 0 Å². The van der Waals surface area contributed by atoms with Gasteiger partial charge in [-0.25, -0.2) is 0 Å². The summed E-state index contributed by atoms with van der Waals surface area (Å²) in [5.74, 6) is 0. The van der Waals surface area contributed by atoms with E-state index in [4.69, 9.17) is 4.74 Å². The van der Waals surface area contributed by atoms with Crippen LogP contribution in [0, 0.1) is 5.41 Å². The largest absolute Gasteiger partial charge is 0.378 e. The molecule has 2 heteroatoms. The monoisotopic (exact) mass is 259 g/mol. The summed E-state index contributed by atoms with van der Waals surface area (Å²) in [6.07, 6.45) is 7.17. The maximum absolute atomic E-state index is 5.96. The predicted octanol–water partition coefficient (Wildman–Crippen LogP) is 3.51. The lowest BCUT2D eigenvalue weighted by atomic mass is 9.60. The number of hydrogen-bond acceptors (Lipinski definition) is 2. The number of nitrogens with one attached hydrogen (secondary N) is 1. The molecule has 0 amide bonds. The summed E-state index contributed by atoms with van der Waals surface area (Å²) in [7, 11) is 0. The van der Waals surface area contributed by atoms with Crippen molar-refractivity contribution in [2.24, 2.45) is 5.41 Å². The van der Waals surface area contributed by atoms with E-state index in [-0.39, 0.29) is 0 Å². The van der Waals surface area contributed by atoms with Crippen LogP contribution in [0.25, 0.3) is 0 Å². The number of benzene rings is 1. The van der Waals surface area contributed by atoms with Crippen LogP contribution in [-0.4, -0.2) is 18.8 Å². The van der Waals surface area contributed by atoms with E-state index in [0.717, 1.165) is 13.2 Å². The Hall–Kier alpha value is -0.860. The predicted molar refractivity (Wildman–Crippen MR) is 78.0 cm³/mol. The van der Waals surface area contributed by atoms with Crippen molar-refractivity contribution in [2.45, 2.75) is 57.7 Å². The first-order chi connectivity index (χ1) is 9.35. The third-order valence-corrected chi connectivity index (χ3v) is 5.08. The van der Waals surface area contributed by atoms with Crippen LogP contribution in [0.1, 0.15) is 44.6 Å². The number of rotatable bonds is 5. The Morgan fingerprint density at radius 3 is 2.63 bits per heavy atom. The maximum Gasteiger partial charge on any atom is 0.0661 e. The van der Waals surface area contributed by atoms with Gasteiger partial charge >= 0.3 is 0 Å². The summed E-state index contributed by atoms with van der Waals surface area (Å²) in [5, 5.41) is 3.78. The second kappa shape index (κ2) is 5.64. The molecular weight excluding hydrogens is 234 g/mol. The van der Waals surface area contributed by atoms with Crippen molar-refractivity contribution in [1.29, 1.82) is 0 Å². The zero-order chi connectivity index (χ0) is 13.1. The van der Waals surface area contributed by atoms with E-state index in [1.165, 1.54) is 37.7 Å². The van der Waals surface area contributed by atoms with Crippen molar-refractivity contribution in [2.75, 3.05) is 6.61 Å². The molecular formula is C17H25NO. The summed E-state index contributed by atoms with van der Waals surface area (Å²) >= 11 is 0. The Balaban J connectivity index is 1.59. The molecule has 1 aromatic rings. The number of ether oxygens (including phenoxy) is 1. The minimum Gasteiger partial charge on any atom is -0.378 e. The Morgan fingerprint density at radius 2 is 1.95 bits per heavy atom. The molecule has 2 unspecified atom stereocenters. The maximum atomic E-state index is 5.96. The smallest absolute Gasteiger partial charge is 0.0661 e. The van der Waals surface area contributed by atoms with Gasteiger partial charge in [0.05, 0.1) is 6.10 Å². The first-order valence-corrected chi connectivity index (χ1v) is 7.74. The lowest BCUT2D eigenvalue weighted by molar-refractivity contribution is -0.130. The van der Waals surface area contributed by atoms with E-state index < -0.39 is 0 Å². The summed E-state index contributed by atoms with van der Waals surface area (Å²) in [5.41, 5.74) is 1.83. The molecule has 0 aromatic heterocycles.